The van der Waals surface area contributed by atoms with Crippen LogP contribution in [0, 0.1) is 29.1 Å². The maximum absolute atomic E-state index is 12.9. The predicted octanol–water partition coefficient (Wildman–Crippen LogP) is 4.66. The number of alkyl halides is 3. The number of nitrogens with zero attached hydrogens (tertiary/aromatic N) is 3. The third-order valence-electron chi connectivity index (χ3n) is 5.03. The molecule has 1 heterocycles. The van der Waals surface area contributed by atoms with Crippen LogP contribution in [0.1, 0.15) is 61.4 Å². The molecule has 2 aromatic rings. The van der Waals surface area contributed by atoms with Gasteiger partial charge in [0.25, 0.3) is 5.91 Å². The molecule has 3 rings (SSSR count). The van der Waals surface area contributed by atoms with E-state index in [1.807, 2.05) is 27.7 Å². The van der Waals surface area contributed by atoms with Gasteiger partial charge in [-0.05, 0) is 31.5 Å². The van der Waals surface area contributed by atoms with Gasteiger partial charge in [0.1, 0.15) is 17.5 Å². The molecule has 1 aliphatic carbocycles. The van der Waals surface area contributed by atoms with E-state index in [-0.39, 0.29) is 33.9 Å². The summed E-state index contributed by atoms with van der Waals surface area (Å²) in [5.74, 6) is -0.389. The molecule has 9 heteroatoms. The molecule has 0 radical (unpaired) electrons. The van der Waals surface area contributed by atoms with Crippen LogP contribution in [-0.4, -0.2) is 22.0 Å². The number of ether oxygens (including phenoxy) is 1. The second-order valence-electron chi connectivity index (χ2n) is 8.88. The quantitative estimate of drug-likeness (QED) is 0.757. The number of hydrogen-bond donors (Lipinski definition) is 1. The molecular formula is C22H25F3N4O2. The summed E-state index contributed by atoms with van der Waals surface area (Å²) < 4.78 is 44.6. The molecule has 0 aliphatic heterocycles. The van der Waals surface area contributed by atoms with E-state index in [2.05, 4.69) is 9.97 Å². The largest absolute Gasteiger partial charge is 0.489 e. The molecule has 0 atom stereocenters. The van der Waals surface area contributed by atoms with E-state index in [9.17, 15) is 18.0 Å². The fourth-order valence-corrected chi connectivity index (χ4v) is 4.19. The van der Waals surface area contributed by atoms with Crippen molar-refractivity contribution in [3.63, 3.8) is 0 Å². The first kappa shape index (κ1) is 24.1. The predicted molar refractivity (Wildman–Crippen MR) is 108 cm³/mol. The highest BCUT2D eigenvalue weighted by Crippen LogP contribution is 2.55. The highest BCUT2D eigenvalue weighted by atomic mass is 19.4. The lowest BCUT2D eigenvalue weighted by molar-refractivity contribution is -0.140. The van der Waals surface area contributed by atoms with E-state index in [0.29, 0.717) is 0 Å². The summed E-state index contributed by atoms with van der Waals surface area (Å²) in [4.78, 5) is 18.0. The van der Waals surface area contributed by atoms with Gasteiger partial charge in [0, 0.05) is 17.0 Å². The van der Waals surface area contributed by atoms with Crippen molar-refractivity contribution >= 4 is 5.91 Å². The van der Waals surface area contributed by atoms with Gasteiger partial charge in [-0.25, -0.2) is 4.98 Å². The Bertz CT molecular complexity index is 979. The summed E-state index contributed by atoms with van der Waals surface area (Å²) in [5, 5.41) is 8.79. The molecule has 0 saturated heterocycles. The van der Waals surface area contributed by atoms with Gasteiger partial charge in [-0.15, -0.1) is 0 Å². The van der Waals surface area contributed by atoms with E-state index < -0.39 is 17.6 Å². The molecule has 0 spiro atoms. The molecule has 0 bridgehead atoms. The van der Waals surface area contributed by atoms with Crippen LogP contribution in [0.3, 0.4) is 0 Å². The van der Waals surface area contributed by atoms with E-state index in [1.165, 1.54) is 18.5 Å². The Morgan fingerprint density at radius 1 is 1.19 bits per heavy atom. The first-order valence-corrected chi connectivity index (χ1v) is 9.54. The lowest BCUT2D eigenvalue weighted by Gasteiger charge is -2.56. The highest BCUT2D eigenvalue weighted by molar-refractivity contribution is 5.90. The highest BCUT2D eigenvalue weighted by Gasteiger charge is 2.55. The Morgan fingerprint density at radius 3 is 2.23 bits per heavy atom. The van der Waals surface area contributed by atoms with E-state index in [0.717, 1.165) is 24.2 Å². The van der Waals surface area contributed by atoms with Crippen molar-refractivity contribution in [2.24, 2.45) is 16.6 Å². The molecule has 1 amide bonds. The van der Waals surface area contributed by atoms with Crippen LogP contribution in [0.15, 0.2) is 30.6 Å². The molecule has 6 nitrogen and oxygen atoms in total. The number of carbonyl (C=O) groups excluding carboxylic acids is 1. The van der Waals surface area contributed by atoms with Gasteiger partial charge in [0.05, 0.1) is 29.1 Å². The maximum Gasteiger partial charge on any atom is 0.417 e. The average Bonchev–Trinajstić information content (AvgIpc) is 2.65. The summed E-state index contributed by atoms with van der Waals surface area (Å²) in [6, 6.07) is 5.08. The van der Waals surface area contributed by atoms with Crippen molar-refractivity contribution in [3.8, 4) is 11.8 Å². The minimum atomic E-state index is -4.56. The first-order valence-electron chi connectivity index (χ1n) is 9.54. The van der Waals surface area contributed by atoms with Crippen LogP contribution >= 0.6 is 0 Å². The third-order valence-corrected chi connectivity index (χ3v) is 5.03. The zero-order valence-electron chi connectivity index (χ0n) is 18.0. The SMILES string of the molecule is CC1(C)CC(C)(C)C1Oc1ccc(C#N)c(C(F)(F)F)c1.Cc1cnc(C(N)=O)cn1. The number of benzene rings is 1. The van der Waals surface area contributed by atoms with Crippen molar-refractivity contribution < 1.29 is 22.7 Å². The van der Waals surface area contributed by atoms with Gasteiger partial charge in [-0.3, -0.25) is 9.78 Å². The van der Waals surface area contributed by atoms with Crippen molar-refractivity contribution in [2.45, 2.75) is 53.3 Å². The van der Waals surface area contributed by atoms with E-state index in [4.69, 9.17) is 15.7 Å². The molecule has 1 saturated carbocycles. The number of nitrogens with two attached hydrogens (primary N) is 1. The van der Waals surface area contributed by atoms with Gasteiger partial charge >= 0.3 is 6.18 Å². The Balaban J connectivity index is 0.000000285. The topological polar surface area (TPSA) is 102 Å². The summed E-state index contributed by atoms with van der Waals surface area (Å²) in [7, 11) is 0. The fourth-order valence-electron chi connectivity index (χ4n) is 4.19. The van der Waals surface area contributed by atoms with Crippen LogP contribution in [0.5, 0.6) is 5.75 Å². The number of nitriles is 1. The Hall–Kier alpha value is -3.15. The van der Waals surface area contributed by atoms with Crippen LogP contribution in [-0.2, 0) is 6.18 Å². The Kier molecular flexibility index (Phi) is 6.64. The molecule has 166 valence electrons. The van der Waals surface area contributed by atoms with Crippen molar-refractivity contribution in [1.82, 2.24) is 9.97 Å². The summed E-state index contributed by atoms with van der Waals surface area (Å²) in [6.07, 6.45) is -0.904. The average molecular weight is 434 g/mol. The summed E-state index contributed by atoms with van der Waals surface area (Å²) >= 11 is 0. The number of aromatic nitrogens is 2. The molecule has 0 unspecified atom stereocenters. The van der Waals surface area contributed by atoms with Gasteiger partial charge in [-0.2, -0.15) is 18.4 Å². The zero-order valence-corrected chi connectivity index (χ0v) is 18.0. The van der Waals surface area contributed by atoms with Crippen molar-refractivity contribution in [1.29, 1.82) is 5.26 Å². The number of aryl methyl sites for hydroxylation is 1. The molecule has 1 aliphatic rings. The van der Waals surface area contributed by atoms with Gasteiger partial charge in [0.2, 0.25) is 0 Å². The van der Waals surface area contributed by atoms with Gasteiger partial charge in [0.15, 0.2) is 0 Å². The standard InChI is InChI=1S/C16H18F3NO.C6H7N3O/c1-14(2)9-15(3,4)13(14)21-11-6-5-10(8-20)12(7-11)16(17,18)19;1-4-2-9-5(3-8-4)6(7)10/h5-7,13H,9H2,1-4H3;2-3H,1H3,(H2,7,10). The van der Waals surface area contributed by atoms with Gasteiger partial charge in [-0.1, -0.05) is 27.7 Å². The monoisotopic (exact) mass is 434 g/mol. The van der Waals surface area contributed by atoms with Gasteiger partial charge < -0.3 is 10.5 Å². The lowest BCUT2D eigenvalue weighted by Crippen LogP contribution is -2.58. The molecule has 1 aromatic heterocycles. The number of hydrogen-bond acceptors (Lipinski definition) is 5. The second kappa shape index (κ2) is 8.53. The Morgan fingerprint density at radius 2 is 1.81 bits per heavy atom. The van der Waals surface area contributed by atoms with E-state index >= 15 is 0 Å². The number of primary amides is 1. The second-order valence-corrected chi connectivity index (χ2v) is 8.88. The summed E-state index contributed by atoms with van der Waals surface area (Å²) in [6.45, 7) is 9.95. The van der Waals surface area contributed by atoms with E-state index in [1.54, 1.807) is 13.0 Å². The number of carbonyl (C=O) groups is 1. The Labute approximate surface area is 179 Å². The number of halogens is 3. The van der Waals surface area contributed by atoms with Crippen LogP contribution in [0.4, 0.5) is 13.2 Å². The lowest BCUT2D eigenvalue weighted by atomic mass is 9.53. The minimum absolute atomic E-state index is 0.0736. The maximum atomic E-state index is 12.9. The molecule has 31 heavy (non-hydrogen) atoms. The number of amides is 1. The molecular weight excluding hydrogens is 409 g/mol. The third kappa shape index (κ3) is 5.72. The summed E-state index contributed by atoms with van der Waals surface area (Å²) in [5.41, 5.74) is 4.41. The van der Waals surface area contributed by atoms with Crippen LogP contribution in [0.25, 0.3) is 0 Å². The van der Waals surface area contributed by atoms with Crippen molar-refractivity contribution in [3.05, 3.63) is 53.1 Å². The van der Waals surface area contributed by atoms with Crippen molar-refractivity contribution in [2.75, 3.05) is 0 Å². The minimum Gasteiger partial charge on any atom is -0.489 e. The molecule has 1 fully saturated rings. The first-order chi connectivity index (χ1) is 14.2. The molecule has 2 N–H and O–H groups in total. The fraction of sp³-hybridized carbons (Fsp3) is 0.455. The zero-order chi connectivity index (χ0) is 23.6. The number of rotatable bonds is 3. The molecule has 1 aromatic carbocycles. The van der Waals surface area contributed by atoms with Crippen LogP contribution in [0.2, 0.25) is 0 Å². The normalized spacial score (nSPS) is 16.9. The van der Waals surface area contributed by atoms with Crippen LogP contribution < -0.4 is 10.5 Å². The smallest absolute Gasteiger partial charge is 0.417 e.